The summed E-state index contributed by atoms with van der Waals surface area (Å²) < 4.78 is 13.4. The number of nitrogens with zero attached hydrogens (tertiary/aromatic N) is 3. The molecule has 0 N–H and O–H groups in total. The number of aromatic nitrogens is 2. The van der Waals surface area contributed by atoms with Crippen molar-refractivity contribution in [2.24, 2.45) is 16.3 Å². The molecule has 2 aromatic heterocycles. The van der Waals surface area contributed by atoms with Crippen LogP contribution in [0.1, 0.15) is 45.1 Å². The van der Waals surface area contributed by atoms with Gasteiger partial charge in [0.25, 0.3) is 0 Å². The van der Waals surface area contributed by atoms with Crippen molar-refractivity contribution >= 4 is 17.5 Å². The van der Waals surface area contributed by atoms with Crippen molar-refractivity contribution < 1.29 is 19.1 Å². The van der Waals surface area contributed by atoms with Crippen LogP contribution in [0, 0.1) is 11.3 Å². The quantitative estimate of drug-likeness (QED) is 0.450. The van der Waals surface area contributed by atoms with E-state index in [1.807, 2.05) is 41.2 Å². The molecular weight excluding hydrogens is 418 g/mol. The molecule has 0 radical (unpaired) electrons. The fourth-order valence-electron chi connectivity index (χ4n) is 4.84. The summed E-state index contributed by atoms with van der Waals surface area (Å²) in [5.74, 6) is -1.30. The summed E-state index contributed by atoms with van der Waals surface area (Å²) in [5, 5.41) is 0. The highest BCUT2D eigenvalue weighted by molar-refractivity contribution is 6.12. The maximum Gasteiger partial charge on any atom is 0.336 e. The molecule has 3 heterocycles. The molecule has 2 aliphatic rings. The lowest BCUT2D eigenvalue weighted by Gasteiger charge is -2.41. The van der Waals surface area contributed by atoms with E-state index in [9.17, 15) is 9.59 Å². The predicted molar refractivity (Wildman–Crippen MR) is 125 cm³/mol. The van der Waals surface area contributed by atoms with Crippen LogP contribution in [0.5, 0.6) is 0 Å². The van der Waals surface area contributed by atoms with Gasteiger partial charge in [0.2, 0.25) is 0 Å². The normalized spacial score (nSPS) is 22.0. The summed E-state index contributed by atoms with van der Waals surface area (Å²) in [7, 11) is 0. The SMILES string of the molecule is CCOC(=O)C1=C(COCCn2cccc2)N=C2CC(C)(C)CC(=O)C2C1c1cccnc1. The average molecular weight is 450 g/mol. The second kappa shape index (κ2) is 9.83. The molecule has 1 saturated carbocycles. The standard InChI is InChI=1S/C26H31N3O4/c1-4-33-25(31)24-20(17-32-13-12-29-10-5-6-11-29)28-19-14-26(2,3)15-21(30)23(19)22(24)18-8-7-9-27-16-18/h5-11,16,22-23H,4,12-15,17H2,1-3H3. The van der Waals surface area contributed by atoms with Gasteiger partial charge in [-0.3, -0.25) is 14.8 Å². The van der Waals surface area contributed by atoms with Gasteiger partial charge in [-0.2, -0.15) is 0 Å². The molecule has 0 amide bonds. The van der Waals surface area contributed by atoms with Gasteiger partial charge in [0, 0.05) is 49.4 Å². The van der Waals surface area contributed by atoms with Crippen molar-refractivity contribution in [1.82, 2.24) is 9.55 Å². The minimum Gasteiger partial charge on any atom is -0.463 e. The molecule has 0 bridgehead atoms. The van der Waals surface area contributed by atoms with Crippen molar-refractivity contribution in [2.45, 2.75) is 46.1 Å². The molecule has 33 heavy (non-hydrogen) atoms. The molecule has 1 fully saturated rings. The largest absolute Gasteiger partial charge is 0.463 e. The first-order valence-corrected chi connectivity index (χ1v) is 11.5. The molecule has 4 rings (SSSR count). The molecule has 0 saturated heterocycles. The Morgan fingerprint density at radius 1 is 1.18 bits per heavy atom. The van der Waals surface area contributed by atoms with E-state index < -0.39 is 17.8 Å². The monoisotopic (exact) mass is 449 g/mol. The van der Waals surface area contributed by atoms with Crippen LogP contribution in [0.25, 0.3) is 0 Å². The topological polar surface area (TPSA) is 82.8 Å². The number of aliphatic imine (C=N–C) groups is 1. The number of Topliss-reactive ketones (excluding diaryl/α,β-unsaturated/α-hetero) is 1. The van der Waals surface area contributed by atoms with Crippen LogP contribution >= 0.6 is 0 Å². The Kier molecular flexibility index (Phi) is 6.88. The maximum absolute atomic E-state index is 13.3. The van der Waals surface area contributed by atoms with E-state index in [2.05, 4.69) is 18.8 Å². The molecule has 2 atom stereocenters. The number of pyridine rings is 1. The van der Waals surface area contributed by atoms with E-state index in [1.165, 1.54) is 0 Å². The van der Waals surface area contributed by atoms with E-state index in [4.69, 9.17) is 14.5 Å². The maximum atomic E-state index is 13.3. The van der Waals surface area contributed by atoms with Crippen LogP contribution in [0.3, 0.4) is 0 Å². The Labute approximate surface area is 194 Å². The Balaban J connectivity index is 1.72. The van der Waals surface area contributed by atoms with Gasteiger partial charge < -0.3 is 14.0 Å². The van der Waals surface area contributed by atoms with Crippen molar-refractivity contribution in [3.8, 4) is 0 Å². The highest BCUT2D eigenvalue weighted by atomic mass is 16.5. The number of ketones is 1. The predicted octanol–water partition coefficient (Wildman–Crippen LogP) is 3.96. The van der Waals surface area contributed by atoms with Gasteiger partial charge in [-0.25, -0.2) is 4.79 Å². The second-order valence-corrected chi connectivity index (χ2v) is 9.38. The molecule has 0 spiro atoms. The Morgan fingerprint density at radius 3 is 2.67 bits per heavy atom. The lowest BCUT2D eigenvalue weighted by molar-refractivity contribution is -0.139. The van der Waals surface area contributed by atoms with E-state index >= 15 is 0 Å². The van der Waals surface area contributed by atoms with Gasteiger partial charge in [0.05, 0.1) is 37.0 Å². The number of ether oxygens (including phenoxy) is 2. The Bertz CT molecular complexity index is 1050. The molecular formula is C26H31N3O4. The summed E-state index contributed by atoms with van der Waals surface area (Å²) in [6, 6.07) is 7.68. The van der Waals surface area contributed by atoms with Crippen LogP contribution < -0.4 is 0 Å². The minimum absolute atomic E-state index is 0.105. The zero-order chi connectivity index (χ0) is 23.4. The van der Waals surface area contributed by atoms with Crippen LogP contribution in [-0.4, -0.2) is 46.8 Å². The van der Waals surface area contributed by atoms with Gasteiger partial charge in [-0.15, -0.1) is 0 Å². The summed E-state index contributed by atoms with van der Waals surface area (Å²) in [6.07, 6.45) is 8.52. The zero-order valence-electron chi connectivity index (χ0n) is 19.5. The van der Waals surface area contributed by atoms with Gasteiger partial charge in [-0.1, -0.05) is 19.9 Å². The number of fused-ring (bicyclic) bond motifs is 1. The summed E-state index contributed by atoms with van der Waals surface area (Å²) >= 11 is 0. The number of esters is 1. The summed E-state index contributed by atoms with van der Waals surface area (Å²) in [5.41, 5.74) is 2.42. The average Bonchev–Trinajstić information content (AvgIpc) is 3.29. The Hall–Kier alpha value is -3.06. The van der Waals surface area contributed by atoms with Crippen molar-refractivity contribution in [3.05, 3.63) is 65.9 Å². The third-order valence-electron chi connectivity index (χ3n) is 6.19. The highest BCUT2D eigenvalue weighted by Gasteiger charge is 2.48. The number of hydrogen-bond acceptors (Lipinski definition) is 6. The van der Waals surface area contributed by atoms with E-state index in [0.29, 0.717) is 37.3 Å². The molecule has 2 aromatic rings. The fourth-order valence-corrected chi connectivity index (χ4v) is 4.84. The fraction of sp³-hybridized carbons (Fsp3) is 0.462. The third kappa shape index (κ3) is 5.14. The lowest BCUT2D eigenvalue weighted by Crippen LogP contribution is -2.44. The number of hydrogen-bond donors (Lipinski definition) is 0. The summed E-state index contributed by atoms with van der Waals surface area (Å²) in [6.45, 7) is 7.54. The van der Waals surface area contributed by atoms with Crippen molar-refractivity contribution in [1.29, 1.82) is 0 Å². The minimum atomic E-state index is -0.481. The van der Waals surface area contributed by atoms with Crippen LogP contribution in [-0.2, 0) is 25.6 Å². The molecule has 2 unspecified atom stereocenters. The molecule has 1 aliphatic carbocycles. The van der Waals surface area contributed by atoms with E-state index in [0.717, 1.165) is 11.3 Å². The van der Waals surface area contributed by atoms with Crippen LogP contribution in [0.2, 0.25) is 0 Å². The molecule has 174 valence electrons. The van der Waals surface area contributed by atoms with E-state index in [1.54, 1.807) is 19.3 Å². The first-order valence-electron chi connectivity index (χ1n) is 11.5. The first-order chi connectivity index (χ1) is 15.9. The van der Waals surface area contributed by atoms with Crippen molar-refractivity contribution in [2.75, 3.05) is 19.8 Å². The third-order valence-corrected chi connectivity index (χ3v) is 6.19. The van der Waals surface area contributed by atoms with Crippen LogP contribution in [0.15, 0.2) is 65.3 Å². The van der Waals surface area contributed by atoms with E-state index in [-0.39, 0.29) is 24.4 Å². The zero-order valence-corrected chi connectivity index (χ0v) is 19.5. The van der Waals surface area contributed by atoms with Gasteiger partial charge in [0.1, 0.15) is 5.78 Å². The second-order valence-electron chi connectivity index (χ2n) is 9.38. The van der Waals surface area contributed by atoms with Gasteiger partial charge in [0.15, 0.2) is 0 Å². The smallest absolute Gasteiger partial charge is 0.336 e. The van der Waals surface area contributed by atoms with Gasteiger partial charge in [-0.05, 0) is 42.5 Å². The summed E-state index contributed by atoms with van der Waals surface area (Å²) in [4.78, 5) is 35.6. The highest BCUT2D eigenvalue weighted by Crippen LogP contribution is 2.46. The molecule has 7 heteroatoms. The molecule has 0 aromatic carbocycles. The Morgan fingerprint density at radius 2 is 1.97 bits per heavy atom. The van der Waals surface area contributed by atoms with Crippen molar-refractivity contribution in [3.63, 3.8) is 0 Å². The molecule has 1 aliphatic heterocycles. The first kappa shape index (κ1) is 23.1. The number of carbonyl (C=O) groups is 2. The van der Waals surface area contributed by atoms with Crippen LogP contribution in [0.4, 0.5) is 0 Å². The number of carbonyl (C=O) groups excluding carboxylic acids is 2. The lowest BCUT2D eigenvalue weighted by atomic mass is 9.63. The molecule has 7 nitrogen and oxygen atoms in total. The number of rotatable bonds is 8. The van der Waals surface area contributed by atoms with Gasteiger partial charge >= 0.3 is 5.97 Å².